The number of hydrogen-bond acceptors (Lipinski definition) is 4. The van der Waals surface area contributed by atoms with Gasteiger partial charge in [0.15, 0.2) is 5.13 Å². The van der Waals surface area contributed by atoms with Gasteiger partial charge >= 0.3 is 0 Å². The van der Waals surface area contributed by atoms with Gasteiger partial charge in [0.1, 0.15) is 0 Å². The molecule has 0 aliphatic rings. The first-order chi connectivity index (χ1) is 12.5. The van der Waals surface area contributed by atoms with Crippen molar-refractivity contribution in [1.29, 1.82) is 0 Å². The zero-order chi connectivity index (χ0) is 18.7. The number of carbonyl (C=O) groups is 1. The smallest absolute Gasteiger partial charge is 0.253 e. The average Bonchev–Trinajstić information content (AvgIpc) is 3.27. The highest BCUT2D eigenvalue weighted by Crippen LogP contribution is 2.22. The average molecular weight is 369 g/mol. The summed E-state index contributed by atoms with van der Waals surface area (Å²) in [6, 6.07) is 12.3. The van der Waals surface area contributed by atoms with E-state index in [-0.39, 0.29) is 11.9 Å². The van der Waals surface area contributed by atoms with E-state index in [4.69, 9.17) is 0 Å². The molecule has 1 atom stereocenters. The molecule has 6 heteroatoms. The summed E-state index contributed by atoms with van der Waals surface area (Å²) in [6.07, 6.45) is 1.78. The molecule has 0 saturated carbocycles. The molecule has 26 heavy (non-hydrogen) atoms. The van der Waals surface area contributed by atoms with Crippen LogP contribution in [0.15, 0.2) is 48.0 Å². The third kappa shape index (κ3) is 3.65. The number of likely N-dealkylation sites (N-methyl/N-ethyl adjacent to an activating group) is 1. The van der Waals surface area contributed by atoms with Crippen molar-refractivity contribution in [3.63, 3.8) is 0 Å². The van der Waals surface area contributed by atoms with Crippen LogP contribution in [-0.2, 0) is 0 Å². The van der Waals surface area contributed by atoms with Gasteiger partial charge in [0.05, 0.1) is 5.56 Å². The number of rotatable bonds is 6. The standard InChI is InChI=1S/C20H24N4OS/c1-14-12-18(16(3)24(14)20-21-10-11-26-20)19(25)22-13-15(2)23(4)17-8-6-5-7-9-17/h5-12,15H,13H2,1-4H3,(H,22,25). The lowest BCUT2D eigenvalue weighted by Gasteiger charge is -2.27. The van der Waals surface area contributed by atoms with Gasteiger partial charge in [-0.1, -0.05) is 18.2 Å². The number of thiazole rings is 1. The van der Waals surface area contributed by atoms with Gasteiger partial charge in [0.25, 0.3) is 5.91 Å². The highest BCUT2D eigenvalue weighted by atomic mass is 32.1. The van der Waals surface area contributed by atoms with Crippen LogP contribution < -0.4 is 10.2 Å². The van der Waals surface area contributed by atoms with Crippen molar-refractivity contribution in [2.45, 2.75) is 26.8 Å². The third-order valence-corrected chi connectivity index (χ3v) is 5.43. The number of para-hydroxylation sites is 1. The number of nitrogens with one attached hydrogen (secondary N) is 1. The number of hydrogen-bond donors (Lipinski definition) is 1. The maximum atomic E-state index is 12.7. The van der Waals surface area contributed by atoms with Gasteiger partial charge in [-0.15, -0.1) is 11.3 Å². The SMILES string of the molecule is Cc1cc(C(=O)NCC(C)N(C)c2ccccc2)c(C)n1-c1nccs1. The Balaban J connectivity index is 1.68. The monoisotopic (exact) mass is 368 g/mol. The molecule has 0 bridgehead atoms. The van der Waals surface area contributed by atoms with Crippen molar-refractivity contribution in [3.8, 4) is 5.13 Å². The summed E-state index contributed by atoms with van der Waals surface area (Å²) in [5, 5.41) is 5.89. The third-order valence-electron chi connectivity index (χ3n) is 4.67. The topological polar surface area (TPSA) is 50.2 Å². The molecule has 0 aliphatic carbocycles. The molecule has 1 unspecified atom stereocenters. The fraction of sp³-hybridized carbons (Fsp3) is 0.300. The predicted molar refractivity (Wildman–Crippen MR) is 108 cm³/mol. The number of aromatic nitrogens is 2. The van der Waals surface area contributed by atoms with Crippen LogP contribution in [0.4, 0.5) is 5.69 Å². The highest BCUT2D eigenvalue weighted by molar-refractivity contribution is 7.12. The number of anilines is 1. The number of carbonyl (C=O) groups excluding carboxylic acids is 1. The van der Waals surface area contributed by atoms with Crippen LogP contribution in [0.3, 0.4) is 0 Å². The van der Waals surface area contributed by atoms with Crippen LogP contribution in [-0.4, -0.2) is 35.1 Å². The minimum atomic E-state index is -0.0470. The molecule has 0 aliphatic heterocycles. The normalized spacial score (nSPS) is 12.0. The lowest BCUT2D eigenvalue weighted by Crippen LogP contribution is -2.40. The Morgan fingerprint density at radius 1 is 1.31 bits per heavy atom. The van der Waals surface area contributed by atoms with Crippen molar-refractivity contribution in [1.82, 2.24) is 14.9 Å². The number of benzene rings is 1. The summed E-state index contributed by atoms with van der Waals surface area (Å²) in [5.41, 5.74) is 3.76. The Morgan fingerprint density at radius 2 is 2.04 bits per heavy atom. The Hall–Kier alpha value is -2.60. The molecule has 1 aromatic carbocycles. The first kappa shape index (κ1) is 18.2. The van der Waals surface area contributed by atoms with E-state index >= 15 is 0 Å². The number of nitrogens with zero attached hydrogens (tertiary/aromatic N) is 3. The Kier molecular flexibility index (Phi) is 5.42. The fourth-order valence-corrected chi connectivity index (χ4v) is 3.76. The molecule has 0 fully saturated rings. The molecular formula is C20H24N4OS. The Labute approximate surface area is 158 Å². The molecule has 2 heterocycles. The fourth-order valence-electron chi connectivity index (χ4n) is 3.00. The zero-order valence-electron chi connectivity index (χ0n) is 15.6. The van der Waals surface area contributed by atoms with E-state index in [2.05, 4.69) is 34.3 Å². The van der Waals surface area contributed by atoms with Crippen LogP contribution >= 0.6 is 11.3 Å². The van der Waals surface area contributed by atoms with E-state index in [9.17, 15) is 4.79 Å². The molecule has 5 nitrogen and oxygen atoms in total. The van der Waals surface area contributed by atoms with E-state index in [1.807, 2.05) is 55.1 Å². The zero-order valence-corrected chi connectivity index (χ0v) is 16.4. The molecule has 2 aromatic heterocycles. The molecule has 136 valence electrons. The molecule has 3 rings (SSSR count). The Morgan fingerprint density at radius 3 is 2.69 bits per heavy atom. The van der Waals surface area contributed by atoms with Gasteiger partial charge in [-0.25, -0.2) is 4.98 Å². The number of aryl methyl sites for hydroxylation is 1. The van der Waals surface area contributed by atoms with Crippen molar-refractivity contribution >= 4 is 22.9 Å². The van der Waals surface area contributed by atoms with Gasteiger partial charge in [-0.2, -0.15) is 0 Å². The van der Waals surface area contributed by atoms with Gasteiger partial charge in [-0.05, 0) is 39.0 Å². The van der Waals surface area contributed by atoms with Crippen LogP contribution in [0.2, 0.25) is 0 Å². The lowest BCUT2D eigenvalue weighted by atomic mass is 10.2. The van der Waals surface area contributed by atoms with Crippen LogP contribution in [0.5, 0.6) is 0 Å². The van der Waals surface area contributed by atoms with Gasteiger partial charge in [0.2, 0.25) is 0 Å². The van der Waals surface area contributed by atoms with Crippen LogP contribution in [0.25, 0.3) is 5.13 Å². The van der Waals surface area contributed by atoms with Crippen LogP contribution in [0, 0.1) is 13.8 Å². The molecular weight excluding hydrogens is 344 g/mol. The summed E-state index contributed by atoms with van der Waals surface area (Å²) in [5.74, 6) is -0.0470. The second-order valence-electron chi connectivity index (χ2n) is 6.44. The quantitative estimate of drug-likeness (QED) is 0.720. The summed E-state index contributed by atoms with van der Waals surface area (Å²) in [4.78, 5) is 19.2. The summed E-state index contributed by atoms with van der Waals surface area (Å²) in [6.45, 7) is 6.64. The Bertz CT molecular complexity index is 871. The minimum Gasteiger partial charge on any atom is -0.370 e. The molecule has 0 spiro atoms. The maximum Gasteiger partial charge on any atom is 0.253 e. The largest absolute Gasteiger partial charge is 0.370 e. The van der Waals surface area contributed by atoms with Gasteiger partial charge in [0, 0.05) is 48.3 Å². The lowest BCUT2D eigenvalue weighted by molar-refractivity contribution is 0.0951. The second kappa shape index (κ2) is 7.74. The second-order valence-corrected chi connectivity index (χ2v) is 7.31. The van der Waals surface area contributed by atoms with Crippen LogP contribution in [0.1, 0.15) is 28.7 Å². The van der Waals surface area contributed by atoms with E-state index in [1.54, 1.807) is 17.5 Å². The van der Waals surface area contributed by atoms with E-state index < -0.39 is 0 Å². The van der Waals surface area contributed by atoms with Crippen molar-refractivity contribution in [2.75, 3.05) is 18.5 Å². The molecule has 1 amide bonds. The van der Waals surface area contributed by atoms with Crippen molar-refractivity contribution < 1.29 is 4.79 Å². The molecule has 1 N–H and O–H groups in total. The minimum absolute atomic E-state index is 0.0470. The van der Waals surface area contributed by atoms with E-state index in [1.165, 1.54) is 0 Å². The highest BCUT2D eigenvalue weighted by Gasteiger charge is 2.19. The summed E-state index contributed by atoms with van der Waals surface area (Å²) in [7, 11) is 2.04. The summed E-state index contributed by atoms with van der Waals surface area (Å²) >= 11 is 1.56. The van der Waals surface area contributed by atoms with Gasteiger partial charge < -0.3 is 10.2 Å². The van der Waals surface area contributed by atoms with Crippen molar-refractivity contribution in [3.05, 3.63) is 64.9 Å². The molecule has 3 aromatic rings. The maximum absolute atomic E-state index is 12.7. The van der Waals surface area contributed by atoms with Crippen molar-refractivity contribution in [2.24, 2.45) is 0 Å². The molecule has 0 radical (unpaired) electrons. The predicted octanol–water partition coefficient (Wildman–Crippen LogP) is 3.81. The van der Waals surface area contributed by atoms with E-state index in [0.29, 0.717) is 12.1 Å². The molecule has 0 saturated heterocycles. The summed E-state index contributed by atoms with van der Waals surface area (Å²) < 4.78 is 2.03. The first-order valence-corrected chi connectivity index (χ1v) is 9.52. The number of amides is 1. The first-order valence-electron chi connectivity index (χ1n) is 8.64. The van der Waals surface area contributed by atoms with E-state index in [0.717, 1.165) is 22.2 Å². The van der Waals surface area contributed by atoms with Gasteiger partial charge in [-0.3, -0.25) is 9.36 Å².